The largest absolute Gasteiger partial charge is 0.394 e. The maximum atomic E-state index is 12.1. The van der Waals surface area contributed by atoms with Gasteiger partial charge >= 0.3 is 6.03 Å². The van der Waals surface area contributed by atoms with Gasteiger partial charge in [0, 0.05) is 0 Å². The van der Waals surface area contributed by atoms with Crippen molar-refractivity contribution in [1.82, 2.24) is 15.5 Å². The van der Waals surface area contributed by atoms with E-state index in [0.29, 0.717) is 11.3 Å². The number of nitrogens with one attached hydrogen (secondary N) is 2. The summed E-state index contributed by atoms with van der Waals surface area (Å²) in [7, 11) is 0. The Morgan fingerprint density at radius 1 is 1.56 bits per heavy atom. The fourth-order valence-electron chi connectivity index (χ4n) is 0.776. The second kappa shape index (κ2) is 5.66. The van der Waals surface area contributed by atoms with Crippen molar-refractivity contribution in [1.29, 1.82) is 0 Å². The van der Waals surface area contributed by atoms with Gasteiger partial charge in [-0.1, -0.05) is 11.3 Å². The number of rotatable bonds is 4. The van der Waals surface area contributed by atoms with E-state index in [4.69, 9.17) is 5.11 Å². The summed E-state index contributed by atoms with van der Waals surface area (Å²) in [5.41, 5.74) is 0. The summed E-state index contributed by atoms with van der Waals surface area (Å²) in [6.45, 7) is 1.37. The molecule has 1 aromatic rings. The molecule has 0 spiro atoms. The second-order valence-electron chi connectivity index (χ2n) is 2.93. The number of aliphatic hydroxyl groups excluding tert-OH is 1. The maximum absolute atomic E-state index is 12.1. The maximum Gasteiger partial charge on any atom is 0.321 e. The highest BCUT2D eigenvalue weighted by molar-refractivity contribution is 7.15. The van der Waals surface area contributed by atoms with Crippen molar-refractivity contribution in [2.45, 2.75) is 19.4 Å². The summed E-state index contributed by atoms with van der Waals surface area (Å²) in [5, 5.41) is 19.4. The van der Waals surface area contributed by atoms with Gasteiger partial charge in [-0.2, -0.15) is 0 Å². The zero-order valence-corrected chi connectivity index (χ0v) is 9.09. The fraction of sp³-hybridized carbons (Fsp3) is 0.571. The summed E-state index contributed by atoms with van der Waals surface area (Å²) < 4.78 is 24.3. The highest BCUT2D eigenvalue weighted by Crippen LogP contribution is 2.24. The third-order valence-corrected chi connectivity index (χ3v) is 2.35. The van der Waals surface area contributed by atoms with Crippen LogP contribution in [0.15, 0.2) is 0 Å². The molecule has 0 aliphatic carbocycles. The number of halogens is 2. The van der Waals surface area contributed by atoms with E-state index in [0.717, 1.165) is 0 Å². The number of nitrogens with zero attached hydrogens (tertiary/aromatic N) is 2. The molecule has 9 heteroatoms. The molecule has 90 valence electrons. The lowest BCUT2D eigenvalue weighted by Gasteiger charge is -2.09. The van der Waals surface area contributed by atoms with Crippen LogP contribution < -0.4 is 10.6 Å². The summed E-state index contributed by atoms with van der Waals surface area (Å²) in [5.74, 6) is 0. The topological polar surface area (TPSA) is 87.1 Å². The molecule has 1 unspecified atom stereocenters. The first-order valence-electron chi connectivity index (χ1n) is 4.33. The van der Waals surface area contributed by atoms with Gasteiger partial charge in [-0.25, -0.2) is 13.6 Å². The first-order chi connectivity index (χ1) is 7.52. The average Bonchev–Trinajstić information content (AvgIpc) is 2.65. The lowest BCUT2D eigenvalue weighted by molar-refractivity contribution is 0.150. The molecular weight excluding hydrogens is 242 g/mol. The molecule has 3 N–H and O–H groups in total. The van der Waals surface area contributed by atoms with E-state index in [1.807, 2.05) is 0 Å². The van der Waals surface area contributed by atoms with Crippen LogP contribution in [0.5, 0.6) is 0 Å². The van der Waals surface area contributed by atoms with Crippen LogP contribution >= 0.6 is 11.3 Å². The van der Waals surface area contributed by atoms with E-state index in [1.54, 1.807) is 6.92 Å². The average molecular weight is 252 g/mol. The molecule has 1 aromatic heterocycles. The number of hydrogen-bond acceptors (Lipinski definition) is 5. The van der Waals surface area contributed by atoms with Crippen LogP contribution in [0.2, 0.25) is 0 Å². The molecule has 0 aromatic carbocycles. The molecule has 0 saturated carbocycles. The minimum absolute atomic E-state index is 0.0158. The molecule has 0 fully saturated rings. The smallest absolute Gasteiger partial charge is 0.321 e. The van der Waals surface area contributed by atoms with Gasteiger partial charge < -0.3 is 10.4 Å². The number of anilines is 1. The predicted octanol–water partition coefficient (Wildman–Crippen LogP) is 0.978. The zero-order valence-electron chi connectivity index (χ0n) is 8.28. The minimum atomic E-state index is -2.70. The predicted molar refractivity (Wildman–Crippen MR) is 53.6 cm³/mol. The van der Waals surface area contributed by atoms with Crippen molar-refractivity contribution in [3.05, 3.63) is 5.01 Å². The number of carbonyl (C=O) groups excluding carboxylic acids is 1. The molecule has 0 radical (unpaired) electrons. The van der Waals surface area contributed by atoms with Crippen LogP contribution in [0.3, 0.4) is 0 Å². The van der Waals surface area contributed by atoms with Gasteiger partial charge in [0.1, 0.15) is 0 Å². The van der Waals surface area contributed by atoms with E-state index in [9.17, 15) is 13.6 Å². The van der Waals surface area contributed by atoms with Crippen LogP contribution in [0.1, 0.15) is 18.4 Å². The standard InChI is InChI=1S/C7H10F2N4O2S/c1-3(2-14)10-6(15)11-7-13-12-5(16-7)4(8)9/h3-4,14H,2H2,1H3,(H2,10,11,13,15). The van der Waals surface area contributed by atoms with E-state index in [1.165, 1.54) is 0 Å². The van der Waals surface area contributed by atoms with Gasteiger partial charge in [0.2, 0.25) is 5.13 Å². The highest BCUT2D eigenvalue weighted by Gasteiger charge is 2.15. The van der Waals surface area contributed by atoms with Gasteiger partial charge in [-0.15, -0.1) is 10.2 Å². The van der Waals surface area contributed by atoms with Crippen molar-refractivity contribution >= 4 is 22.5 Å². The summed E-state index contributed by atoms with van der Waals surface area (Å²) in [4.78, 5) is 11.2. The van der Waals surface area contributed by atoms with Gasteiger partial charge in [0.05, 0.1) is 12.6 Å². The molecule has 2 amide bonds. The van der Waals surface area contributed by atoms with Crippen molar-refractivity contribution < 1.29 is 18.7 Å². The van der Waals surface area contributed by atoms with Crippen LogP contribution in [-0.4, -0.2) is 34.0 Å². The number of aromatic nitrogens is 2. The molecule has 0 aliphatic rings. The quantitative estimate of drug-likeness (QED) is 0.745. The number of alkyl halides is 2. The second-order valence-corrected chi connectivity index (χ2v) is 3.94. The number of carbonyl (C=O) groups is 1. The van der Waals surface area contributed by atoms with Crippen molar-refractivity contribution in [2.24, 2.45) is 0 Å². The van der Waals surface area contributed by atoms with Gasteiger partial charge in [0.25, 0.3) is 6.43 Å². The van der Waals surface area contributed by atoms with Crippen molar-refractivity contribution in [3.63, 3.8) is 0 Å². The van der Waals surface area contributed by atoms with Crippen molar-refractivity contribution in [2.75, 3.05) is 11.9 Å². The molecule has 1 heterocycles. The summed E-state index contributed by atoms with van der Waals surface area (Å²) in [6, 6.07) is -1.05. The number of aliphatic hydroxyl groups is 1. The number of urea groups is 1. The Bertz CT molecular complexity index is 360. The Hall–Kier alpha value is -1.35. The van der Waals surface area contributed by atoms with E-state index >= 15 is 0 Å². The zero-order chi connectivity index (χ0) is 12.1. The van der Waals surface area contributed by atoms with Crippen molar-refractivity contribution in [3.8, 4) is 0 Å². The number of amides is 2. The van der Waals surface area contributed by atoms with Gasteiger partial charge in [-0.05, 0) is 6.92 Å². The SMILES string of the molecule is CC(CO)NC(=O)Nc1nnc(C(F)F)s1. The Morgan fingerprint density at radius 3 is 2.75 bits per heavy atom. The number of hydrogen-bond donors (Lipinski definition) is 3. The molecule has 6 nitrogen and oxygen atoms in total. The molecule has 0 bridgehead atoms. The van der Waals surface area contributed by atoms with Crippen LogP contribution in [0.4, 0.5) is 18.7 Å². The van der Waals surface area contributed by atoms with E-state index in [-0.39, 0.29) is 11.7 Å². The molecule has 0 saturated heterocycles. The van der Waals surface area contributed by atoms with E-state index in [2.05, 4.69) is 20.8 Å². The molecule has 16 heavy (non-hydrogen) atoms. The highest BCUT2D eigenvalue weighted by atomic mass is 32.1. The normalized spacial score (nSPS) is 12.6. The monoisotopic (exact) mass is 252 g/mol. The lowest BCUT2D eigenvalue weighted by atomic mass is 10.4. The third-order valence-electron chi connectivity index (χ3n) is 1.50. The Balaban J connectivity index is 2.50. The fourth-order valence-corrected chi connectivity index (χ4v) is 1.37. The van der Waals surface area contributed by atoms with Crippen LogP contribution in [0.25, 0.3) is 0 Å². The van der Waals surface area contributed by atoms with E-state index < -0.39 is 23.5 Å². The lowest BCUT2D eigenvalue weighted by Crippen LogP contribution is -2.38. The van der Waals surface area contributed by atoms with Gasteiger partial charge in [0.15, 0.2) is 5.01 Å². The summed E-state index contributed by atoms with van der Waals surface area (Å²) in [6.07, 6.45) is -2.70. The Morgan fingerprint density at radius 2 is 2.25 bits per heavy atom. The Labute approximate surface area is 93.7 Å². The van der Waals surface area contributed by atoms with Gasteiger partial charge in [-0.3, -0.25) is 5.32 Å². The molecule has 1 atom stereocenters. The minimum Gasteiger partial charge on any atom is -0.394 e. The molecule has 1 rings (SSSR count). The summed E-state index contributed by atoms with van der Waals surface area (Å²) >= 11 is 0.597. The van der Waals surface area contributed by atoms with Crippen LogP contribution in [-0.2, 0) is 0 Å². The molecular formula is C7H10F2N4O2S. The third kappa shape index (κ3) is 3.66. The van der Waals surface area contributed by atoms with Crippen LogP contribution in [0, 0.1) is 0 Å². The first kappa shape index (κ1) is 12.7. The molecule has 0 aliphatic heterocycles. The Kier molecular flexibility index (Phi) is 4.50. The first-order valence-corrected chi connectivity index (χ1v) is 5.14.